The van der Waals surface area contributed by atoms with Crippen molar-refractivity contribution >= 4 is 11.6 Å². The van der Waals surface area contributed by atoms with E-state index in [-0.39, 0.29) is 23.8 Å². The SMILES string of the molecule is CC(CN)NC(=O)c1ccccc1[N+](=O)[O-]. The summed E-state index contributed by atoms with van der Waals surface area (Å²) in [5.41, 5.74) is 5.19. The lowest BCUT2D eigenvalue weighted by atomic mass is 10.1. The molecular weight excluding hydrogens is 210 g/mol. The van der Waals surface area contributed by atoms with E-state index >= 15 is 0 Å². The molecule has 6 heteroatoms. The summed E-state index contributed by atoms with van der Waals surface area (Å²) in [5, 5.41) is 13.3. The third kappa shape index (κ3) is 2.77. The third-order valence-electron chi connectivity index (χ3n) is 2.08. The normalized spacial score (nSPS) is 11.9. The monoisotopic (exact) mass is 223 g/mol. The van der Waals surface area contributed by atoms with E-state index < -0.39 is 10.8 Å². The van der Waals surface area contributed by atoms with E-state index in [0.717, 1.165) is 0 Å². The molecule has 1 aromatic carbocycles. The second-order valence-electron chi connectivity index (χ2n) is 3.38. The van der Waals surface area contributed by atoms with Gasteiger partial charge in [0.25, 0.3) is 11.6 Å². The molecule has 86 valence electrons. The molecule has 1 atom stereocenters. The highest BCUT2D eigenvalue weighted by molar-refractivity contribution is 5.98. The Morgan fingerprint density at radius 3 is 2.75 bits per heavy atom. The van der Waals surface area contributed by atoms with Gasteiger partial charge in [0.1, 0.15) is 5.56 Å². The zero-order valence-electron chi connectivity index (χ0n) is 8.84. The van der Waals surface area contributed by atoms with Gasteiger partial charge in [-0.15, -0.1) is 0 Å². The molecule has 0 aliphatic carbocycles. The molecule has 16 heavy (non-hydrogen) atoms. The average molecular weight is 223 g/mol. The van der Waals surface area contributed by atoms with Crippen LogP contribution in [0.2, 0.25) is 0 Å². The van der Waals surface area contributed by atoms with Crippen LogP contribution in [0.5, 0.6) is 0 Å². The van der Waals surface area contributed by atoms with Crippen LogP contribution in [0.25, 0.3) is 0 Å². The van der Waals surface area contributed by atoms with Crippen molar-refractivity contribution < 1.29 is 9.72 Å². The quantitative estimate of drug-likeness (QED) is 0.579. The summed E-state index contributed by atoms with van der Waals surface area (Å²) in [6.45, 7) is 2.01. The van der Waals surface area contributed by atoms with E-state index in [4.69, 9.17) is 5.73 Å². The minimum Gasteiger partial charge on any atom is -0.348 e. The minimum atomic E-state index is -0.581. The maximum atomic E-state index is 11.7. The van der Waals surface area contributed by atoms with Gasteiger partial charge in [-0.05, 0) is 13.0 Å². The van der Waals surface area contributed by atoms with Crippen LogP contribution in [0.15, 0.2) is 24.3 Å². The van der Waals surface area contributed by atoms with Gasteiger partial charge in [0, 0.05) is 18.7 Å². The van der Waals surface area contributed by atoms with Crippen molar-refractivity contribution in [1.82, 2.24) is 5.32 Å². The molecule has 3 N–H and O–H groups in total. The van der Waals surface area contributed by atoms with E-state index in [9.17, 15) is 14.9 Å². The second-order valence-corrected chi connectivity index (χ2v) is 3.38. The first-order chi connectivity index (χ1) is 7.56. The van der Waals surface area contributed by atoms with E-state index in [1.807, 2.05) is 0 Å². The fourth-order valence-electron chi connectivity index (χ4n) is 1.19. The van der Waals surface area contributed by atoms with Crippen LogP contribution in [0, 0.1) is 10.1 Å². The number of benzene rings is 1. The van der Waals surface area contributed by atoms with Gasteiger partial charge >= 0.3 is 0 Å². The fourth-order valence-corrected chi connectivity index (χ4v) is 1.19. The van der Waals surface area contributed by atoms with Gasteiger partial charge in [0.2, 0.25) is 0 Å². The van der Waals surface area contributed by atoms with Gasteiger partial charge in [-0.2, -0.15) is 0 Å². The third-order valence-corrected chi connectivity index (χ3v) is 2.08. The number of nitrogens with two attached hydrogens (primary N) is 1. The van der Waals surface area contributed by atoms with E-state index in [1.54, 1.807) is 13.0 Å². The molecule has 1 aromatic rings. The Morgan fingerprint density at radius 1 is 1.56 bits per heavy atom. The molecule has 0 aliphatic heterocycles. The number of carbonyl (C=O) groups is 1. The maximum absolute atomic E-state index is 11.7. The lowest BCUT2D eigenvalue weighted by molar-refractivity contribution is -0.385. The number of carbonyl (C=O) groups excluding carboxylic acids is 1. The highest BCUT2D eigenvalue weighted by atomic mass is 16.6. The lowest BCUT2D eigenvalue weighted by Gasteiger charge is -2.10. The number of rotatable bonds is 4. The van der Waals surface area contributed by atoms with Crippen LogP contribution in [0.4, 0.5) is 5.69 Å². The molecule has 1 unspecified atom stereocenters. The molecule has 0 fully saturated rings. The molecule has 0 aromatic heterocycles. The summed E-state index contributed by atoms with van der Waals surface area (Å²) in [6.07, 6.45) is 0. The Labute approximate surface area is 92.6 Å². The zero-order valence-corrected chi connectivity index (χ0v) is 8.84. The summed E-state index contributed by atoms with van der Waals surface area (Å²) in [4.78, 5) is 21.8. The summed E-state index contributed by atoms with van der Waals surface area (Å²) in [6, 6.07) is 5.59. The Kier molecular flexibility index (Phi) is 3.96. The Balaban J connectivity index is 2.95. The lowest BCUT2D eigenvalue weighted by Crippen LogP contribution is -2.38. The maximum Gasteiger partial charge on any atom is 0.282 e. The van der Waals surface area contributed by atoms with E-state index in [1.165, 1.54) is 18.2 Å². The first kappa shape index (κ1) is 12.1. The van der Waals surface area contributed by atoms with Crippen molar-refractivity contribution in [3.63, 3.8) is 0 Å². The highest BCUT2D eigenvalue weighted by Gasteiger charge is 2.19. The smallest absolute Gasteiger partial charge is 0.282 e. The number of amides is 1. The molecular formula is C10H13N3O3. The summed E-state index contributed by atoms with van der Waals surface area (Å²) < 4.78 is 0. The zero-order chi connectivity index (χ0) is 12.1. The molecule has 0 saturated carbocycles. The summed E-state index contributed by atoms with van der Waals surface area (Å²) in [7, 11) is 0. The van der Waals surface area contributed by atoms with Gasteiger partial charge in [-0.3, -0.25) is 14.9 Å². The molecule has 0 spiro atoms. The van der Waals surface area contributed by atoms with Crippen LogP contribution in [-0.2, 0) is 0 Å². The second kappa shape index (κ2) is 5.22. The van der Waals surface area contributed by atoms with Crippen molar-refractivity contribution in [2.45, 2.75) is 13.0 Å². The van der Waals surface area contributed by atoms with Gasteiger partial charge in [-0.25, -0.2) is 0 Å². The van der Waals surface area contributed by atoms with Gasteiger partial charge in [0.05, 0.1) is 4.92 Å². The fraction of sp³-hybridized carbons (Fsp3) is 0.300. The Hall–Kier alpha value is -1.95. The number of hydrogen-bond donors (Lipinski definition) is 2. The Bertz CT molecular complexity index is 406. The molecule has 0 saturated heterocycles. The van der Waals surface area contributed by atoms with Crippen LogP contribution >= 0.6 is 0 Å². The first-order valence-electron chi connectivity index (χ1n) is 4.80. The number of hydrogen-bond acceptors (Lipinski definition) is 4. The predicted molar refractivity (Wildman–Crippen MR) is 59.1 cm³/mol. The molecule has 1 rings (SSSR count). The van der Waals surface area contributed by atoms with Gasteiger partial charge < -0.3 is 11.1 Å². The number of nitrogens with zero attached hydrogens (tertiary/aromatic N) is 1. The summed E-state index contributed by atoms with van der Waals surface area (Å²) in [5.74, 6) is -0.481. The van der Waals surface area contributed by atoms with E-state index in [2.05, 4.69) is 5.32 Å². The number of nitro benzene ring substituents is 1. The topological polar surface area (TPSA) is 98.3 Å². The largest absolute Gasteiger partial charge is 0.348 e. The standard InChI is InChI=1S/C10H13N3O3/c1-7(6-11)12-10(14)8-4-2-3-5-9(8)13(15)16/h2-5,7H,6,11H2,1H3,(H,12,14). The molecule has 0 radical (unpaired) electrons. The molecule has 0 aliphatic rings. The molecule has 6 nitrogen and oxygen atoms in total. The van der Waals surface area contributed by atoms with Gasteiger partial charge in [0.15, 0.2) is 0 Å². The number of nitro groups is 1. The number of para-hydroxylation sites is 1. The molecule has 0 bridgehead atoms. The summed E-state index contributed by atoms with van der Waals surface area (Å²) >= 11 is 0. The van der Waals surface area contributed by atoms with Crippen molar-refractivity contribution in [3.8, 4) is 0 Å². The molecule has 0 heterocycles. The van der Waals surface area contributed by atoms with Crippen molar-refractivity contribution in [3.05, 3.63) is 39.9 Å². The van der Waals surface area contributed by atoms with Crippen LogP contribution < -0.4 is 11.1 Å². The van der Waals surface area contributed by atoms with Gasteiger partial charge in [-0.1, -0.05) is 12.1 Å². The Morgan fingerprint density at radius 2 is 2.19 bits per heavy atom. The van der Waals surface area contributed by atoms with Crippen LogP contribution in [0.1, 0.15) is 17.3 Å². The van der Waals surface area contributed by atoms with E-state index in [0.29, 0.717) is 0 Å². The van der Waals surface area contributed by atoms with Crippen LogP contribution in [0.3, 0.4) is 0 Å². The highest BCUT2D eigenvalue weighted by Crippen LogP contribution is 2.17. The minimum absolute atomic E-state index is 0.0489. The predicted octanol–water partition coefficient (Wildman–Crippen LogP) is 0.672. The average Bonchev–Trinajstić information content (AvgIpc) is 2.28. The van der Waals surface area contributed by atoms with Crippen molar-refractivity contribution in [2.24, 2.45) is 5.73 Å². The number of nitrogens with one attached hydrogen (secondary N) is 1. The van der Waals surface area contributed by atoms with Crippen molar-refractivity contribution in [2.75, 3.05) is 6.54 Å². The van der Waals surface area contributed by atoms with Crippen molar-refractivity contribution in [1.29, 1.82) is 0 Å². The van der Waals surface area contributed by atoms with Crippen LogP contribution in [-0.4, -0.2) is 23.4 Å². The first-order valence-corrected chi connectivity index (χ1v) is 4.80. The molecule has 1 amide bonds.